The van der Waals surface area contributed by atoms with E-state index in [2.05, 4.69) is 17.4 Å². The summed E-state index contributed by atoms with van der Waals surface area (Å²) in [4.78, 5) is 13.9. The topological polar surface area (TPSA) is 61.6 Å². The Labute approximate surface area is 102 Å². The predicted molar refractivity (Wildman–Crippen MR) is 68.2 cm³/mol. The van der Waals surface area contributed by atoms with E-state index in [-0.39, 0.29) is 11.9 Å². The molecule has 0 aromatic heterocycles. The van der Waals surface area contributed by atoms with Gasteiger partial charge in [-0.1, -0.05) is 0 Å². The van der Waals surface area contributed by atoms with Crippen LogP contribution in [0.15, 0.2) is 0 Å². The molecule has 94 valence electrons. The molecule has 5 nitrogen and oxygen atoms in total. The first-order chi connectivity index (χ1) is 7.63. The molecule has 1 heterocycles. The van der Waals surface area contributed by atoms with Gasteiger partial charge in [0.15, 0.2) is 0 Å². The van der Waals surface area contributed by atoms with E-state index in [1.165, 1.54) is 0 Å². The Morgan fingerprint density at radius 1 is 1.44 bits per heavy atom. The van der Waals surface area contributed by atoms with Crippen LogP contribution < -0.4 is 11.2 Å². The molecule has 0 aliphatic carbocycles. The molecule has 16 heavy (non-hydrogen) atoms. The van der Waals surface area contributed by atoms with E-state index in [0.717, 1.165) is 38.4 Å². The largest absolute Gasteiger partial charge is 0.320 e. The van der Waals surface area contributed by atoms with Crippen LogP contribution in [0.5, 0.6) is 0 Å². The van der Waals surface area contributed by atoms with E-state index in [9.17, 15) is 4.79 Å². The lowest BCUT2D eigenvalue weighted by molar-refractivity contribution is -0.128. The van der Waals surface area contributed by atoms with Crippen molar-refractivity contribution in [3.8, 4) is 0 Å². The molecular formula is C10H22N4OS. The second kappa shape index (κ2) is 7.11. The third-order valence-electron chi connectivity index (χ3n) is 2.74. The van der Waals surface area contributed by atoms with Crippen LogP contribution in [0.3, 0.4) is 0 Å². The summed E-state index contributed by atoms with van der Waals surface area (Å²) in [5, 5.41) is 1.96. The van der Waals surface area contributed by atoms with E-state index >= 15 is 0 Å². The number of piperazine rings is 1. The average molecular weight is 246 g/mol. The number of nitrogens with one attached hydrogen (secondary N) is 1. The number of hydrogen-bond acceptors (Lipinski definition) is 5. The number of thioether (sulfide) groups is 1. The van der Waals surface area contributed by atoms with Gasteiger partial charge in [0.05, 0.1) is 6.04 Å². The maximum absolute atomic E-state index is 11.7. The van der Waals surface area contributed by atoms with Crippen LogP contribution >= 0.6 is 11.8 Å². The Morgan fingerprint density at radius 3 is 2.62 bits per heavy atom. The molecule has 1 rings (SSSR count). The summed E-state index contributed by atoms with van der Waals surface area (Å²) in [6.45, 7) is 3.72. The van der Waals surface area contributed by atoms with E-state index in [4.69, 9.17) is 5.73 Å². The summed E-state index contributed by atoms with van der Waals surface area (Å²) in [6.07, 6.45) is 2.76. The fourth-order valence-corrected chi connectivity index (χ4v) is 2.02. The van der Waals surface area contributed by atoms with Gasteiger partial charge in [-0.15, -0.1) is 0 Å². The maximum atomic E-state index is 11.7. The molecular weight excluding hydrogens is 224 g/mol. The van der Waals surface area contributed by atoms with Crippen molar-refractivity contribution >= 4 is 17.7 Å². The van der Waals surface area contributed by atoms with E-state index in [1.807, 2.05) is 11.3 Å². The number of hydrazine groups is 1. The minimum absolute atomic E-state index is 0.0568. The Kier molecular flexibility index (Phi) is 6.12. The highest BCUT2D eigenvalue weighted by atomic mass is 32.2. The fraction of sp³-hybridized carbons (Fsp3) is 0.900. The summed E-state index contributed by atoms with van der Waals surface area (Å²) in [5.41, 5.74) is 8.67. The van der Waals surface area contributed by atoms with E-state index in [1.54, 1.807) is 11.8 Å². The standard InChI is InChI=1S/C10H22N4OS/c1-13-4-6-14(7-5-13)12-10(15)9(11)3-8-16-2/h9H,3-8,11H2,1-2H3,(H,12,15)/t9-/m0/s1. The molecule has 3 N–H and O–H groups in total. The second-order valence-corrected chi connectivity index (χ2v) is 5.14. The fourth-order valence-electron chi connectivity index (χ4n) is 1.53. The maximum Gasteiger partial charge on any atom is 0.251 e. The summed E-state index contributed by atoms with van der Waals surface area (Å²) >= 11 is 1.71. The highest BCUT2D eigenvalue weighted by Crippen LogP contribution is 2.00. The number of hydrogen-bond donors (Lipinski definition) is 2. The monoisotopic (exact) mass is 246 g/mol. The van der Waals surface area contributed by atoms with Crippen molar-refractivity contribution in [1.82, 2.24) is 15.3 Å². The lowest BCUT2D eigenvalue weighted by atomic mass is 10.2. The van der Waals surface area contributed by atoms with Crippen molar-refractivity contribution < 1.29 is 4.79 Å². The number of rotatable bonds is 5. The molecule has 1 saturated heterocycles. The van der Waals surface area contributed by atoms with Gasteiger partial charge in [-0.25, -0.2) is 5.01 Å². The van der Waals surface area contributed by atoms with Gasteiger partial charge in [0.25, 0.3) is 5.91 Å². The minimum Gasteiger partial charge on any atom is -0.320 e. The molecule has 1 amide bonds. The van der Waals surface area contributed by atoms with Crippen LogP contribution in [0.4, 0.5) is 0 Å². The number of likely N-dealkylation sites (N-methyl/N-ethyl adjacent to an activating group) is 1. The molecule has 0 bridgehead atoms. The van der Waals surface area contributed by atoms with Crippen LogP contribution in [0.1, 0.15) is 6.42 Å². The third-order valence-corrected chi connectivity index (χ3v) is 3.39. The van der Waals surface area contributed by atoms with Crippen molar-refractivity contribution in [2.45, 2.75) is 12.5 Å². The molecule has 0 aromatic rings. The Bertz CT molecular complexity index is 219. The zero-order valence-corrected chi connectivity index (χ0v) is 10.9. The van der Waals surface area contributed by atoms with Crippen molar-refractivity contribution in [3.05, 3.63) is 0 Å². The molecule has 0 saturated carbocycles. The Hall–Kier alpha value is -0.300. The van der Waals surface area contributed by atoms with Gasteiger partial charge in [0, 0.05) is 26.2 Å². The summed E-state index contributed by atoms with van der Waals surface area (Å²) < 4.78 is 0. The molecule has 0 spiro atoms. The number of nitrogens with two attached hydrogens (primary N) is 1. The van der Waals surface area contributed by atoms with E-state index < -0.39 is 0 Å². The zero-order valence-electron chi connectivity index (χ0n) is 10.1. The summed E-state index contributed by atoms with van der Waals surface area (Å²) in [6, 6.07) is -0.382. The molecule has 0 aromatic carbocycles. The SMILES string of the molecule is CSCC[C@H](N)C(=O)NN1CCN(C)CC1. The van der Waals surface area contributed by atoms with Gasteiger partial charge in [-0.2, -0.15) is 11.8 Å². The van der Waals surface area contributed by atoms with Crippen LogP contribution in [0, 0.1) is 0 Å². The molecule has 1 aliphatic heterocycles. The van der Waals surface area contributed by atoms with Gasteiger partial charge in [0.2, 0.25) is 0 Å². The van der Waals surface area contributed by atoms with Crippen LogP contribution in [-0.2, 0) is 4.79 Å². The summed E-state index contributed by atoms with van der Waals surface area (Å²) in [7, 11) is 2.09. The van der Waals surface area contributed by atoms with Crippen molar-refractivity contribution in [2.24, 2.45) is 5.73 Å². The van der Waals surface area contributed by atoms with E-state index in [0.29, 0.717) is 0 Å². The number of carbonyl (C=O) groups excluding carboxylic acids is 1. The molecule has 0 unspecified atom stereocenters. The van der Waals surface area contributed by atoms with Gasteiger partial charge in [-0.05, 0) is 25.5 Å². The smallest absolute Gasteiger partial charge is 0.251 e. The Morgan fingerprint density at radius 2 is 2.06 bits per heavy atom. The molecule has 6 heteroatoms. The quantitative estimate of drug-likeness (QED) is 0.675. The molecule has 1 aliphatic rings. The highest BCUT2D eigenvalue weighted by Gasteiger charge is 2.19. The molecule has 1 atom stereocenters. The number of nitrogens with zero attached hydrogens (tertiary/aromatic N) is 2. The van der Waals surface area contributed by atoms with Crippen molar-refractivity contribution in [1.29, 1.82) is 0 Å². The normalized spacial score (nSPS) is 20.7. The zero-order chi connectivity index (χ0) is 12.0. The van der Waals surface area contributed by atoms with Gasteiger partial charge < -0.3 is 10.6 Å². The molecule has 1 fully saturated rings. The minimum atomic E-state index is -0.382. The lowest BCUT2D eigenvalue weighted by Gasteiger charge is -2.32. The first-order valence-electron chi connectivity index (χ1n) is 5.62. The van der Waals surface area contributed by atoms with Gasteiger partial charge >= 0.3 is 0 Å². The number of carbonyl (C=O) groups is 1. The summed E-state index contributed by atoms with van der Waals surface area (Å²) in [5.74, 6) is 0.871. The van der Waals surface area contributed by atoms with Crippen LogP contribution in [0.2, 0.25) is 0 Å². The predicted octanol–water partition coefficient (Wildman–Crippen LogP) is -0.655. The first-order valence-corrected chi connectivity index (χ1v) is 7.01. The lowest BCUT2D eigenvalue weighted by Crippen LogP contribution is -2.55. The average Bonchev–Trinajstić information content (AvgIpc) is 2.29. The van der Waals surface area contributed by atoms with Gasteiger partial charge in [0.1, 0.15) is 0 Å². The second-order valence-electron chi connectivity index (χ2n) is 4.15. The van der Waals surface area contributed by atoms with Crippen molar-refractivity contribution in [3.63, 3.8) is 0 Å². The number of amides is 1. The molecule has 0 radical (unpaired) electrons. The van der Waals surface area contributed by atoms with Crippen molar-refractivity contribution in [2.75, 3.05) is 45.2 Å². The Balaban J connectivity index is 2.22. The van der Waals surface area contributed by atoms with Gasteiger partial charge in [-0.3, -0.25) is 10.2 Å². The first kappa shape index (κ1) is 13.8. The van der Waals surface area contributed by atoms with Crippen LogP contribution in [-0.4, -0.2) is 67.1 Å². The third kappa shape index (κ3) is 4.69. The highest BCUT2D eigenvalue weighted by molar-refractivity contribution is 7.98. The van der Waals surface area contributed by atoms with Crippen LogP contribution in [0.25, 0.3) is 0 Å².